The maximum atomic E-state index is 10.9. The first kappa shape index (κ1) is 14.9. The summed E-state index contributed by atoms with van der Waals surface area (Å²) in [4.78, 5) is 10.9. The van der Waals surface area contributed by atoms with Crippen LogP contribution in [0.1, 0.15) is 38.3 Å². The van der Waals surface area contributed by atoms with Crippen LogP contribution in [0, 0.1) is 5.41 Å². The number of ether oxygens (including phenoxy) is 1. The number of hydrogen-bond donors (Lipinski definition) is 1. The summed E-state index contributed by atoms with van der Waals surface area (Å²) in [7, 11) is 0. The number of aryl methyl sites for hydroxylation is 1. The van der Waals surface area contributed by atoms with Crippen molar-refractivity contribution in [3.63, 3.8) is 0 Å². The smallest absolute Gasteiger partial charge is 0.335 e. The maximum Gasteiger partial charge on any atom is 0.335 e. The molecule has 0 fully saturated rings. The van der Waals surface area contributed by atoms with Crippen LogP contribution in [0.15, 0.2) is 17.7 Å². The number of carboxylic acids is 1. The Morgan fingerprint density at radius 1 is 1.40 bits per heavy atom. The first-order valence-corrected chi connectivity index (χ1v) is 7.03. The molecule has 0 saturated carbocycles. The number of benzene rings is 1. The molecule has 0 amide bonds. The van der Waals surface area contributed by atoms with Crippen LogP contribution < -0.4 is 4.74 Å². The minimum Gasteiger partial charge on any atom is -0.488 e. The Hall–Kier alpha value is -1.48. The van der Waals surface area contributed by atoms with E-state index >= 15 is 0 Å². The second-order valence-corrected chi connectivity index (χ2v) is 6.71. The Morgan fingerprint density at radius 2 is 2.10 bits per heavy atom. The highest BCUT2D eigenvalue weighted by Crippen LogP contribution is 2.34. The number of aliphatic carboxylic acids is 1. The van der Waals surface area contributed by atoms with Gasteiger partial charge in [-0.1, -0.05) is 32.4 Å². The molecule has 0 unspecified atom stereocenters. The van der Waals surface area contributed by atoms with Crippen LogP contribution in [0.5, 0.6) is 5.75 Å². The normalized spacial score (nSPS) is 14.3. The van der Waals surface area contributed by atoms with Crippen molar-refractivity contribution < 1.29 is 14.6 Å². The molecule has 4 heteroatoms. The van der Waals surface area contributed by atoms with Gasteiger partial charge in [0.25, 0.3) is 0 Å². The third kappa shape index (κ3) is 3.54. The highest BCUT2D eigenvalue weighted by atomic mass is 35.5. The molecule has 20 heavy (non-hydrogen) atoms. The third-order valence-corrected chi connectivity index (χ3v) is 3.66. The molecule has 0 bridgehead atoms. The van der Waals surface area contributed by atoms with Crippen LogP contribution in [0.25, 0.3) is 6.08 Å². The van der Waals surface area contributed by atoms with Gasteiger partial charge in [-0.15, -0.1) is 0 Å². The van der Waals surface area contributed by atoms with Crippen LogP contribution in [-0.4, -0.2) is 17.7 Å². The minimum atomic E-state index is -0.955. The van der Waals surface area contributed by atoms with Crippen molar-refractivity contribution in [2.75, 3.05) is 6.61 Å². The molecule has 0 aliphatic carbocycles. The summed E-state index contributed by atoms with van der Waals surface area (Å²) in [5.74, 6) is -0.244. The SMILES string of the molecule is CC(C)(C)CCc1cc2c(cc1Cl)C=C(C(=O)O)CO2. The van der Waals surface area contributed by atoms with Crippen molar-refractivity contribution >= 4 is 23.6 Å². The average Bonchev–Trinajstić information content (AvgIpc) is 2.34. The monoisotopic (exact) mass is 294 g/mol. The molecule has 0 aromatic heterocycles. The van der Waals surface area contributed by atoms with Crippen molar-refractivity contribution in [1.29, 1.82) is 0 Å². The van der Waals surface area contributed by atoms with Gasteiger partial charge in [-0.2, -0.15) is 0 Å². The molecule has 1 aliphatic rings. The Morgan fingerprint density at radius 3 is 2.70 bits per heavy atom. The van der Waals surface area contributed by atoms with Gasteiger partial charge in [-0.25, -0.2) is 4.79 Å². The van der Waals surface area contributed by atoms with Gasteiger partial charge in [-0.3, -0.25) is 0 Å². The average molecular weight is 295 g/mol. The molecule has 0 radical (unpaired) electrons. The number of carboxylic acid groups (broad SMARTS) is 1. The summed E-state index contributed by atoms with van der Waals surface area (Å²) >= 11 is 6.29. The number of hydrogen-bond acceptors (Lipinski definition) is 2. The van der Waals surface area contributed by atoms with E-state index in [2.05, 4.69) is 20.8 Å². The topological polar surface area (TPSA) is 46.5 Å². The Balaban J connectivity index is 2.27. The summed E-state index contributed by atoms with van der Waals surface area (Å²) in [5.41, 5.74) is 2.28. The van der Waals surface area contributed by atoms with E-state index in [1.807, 2.05) is 6.07 Å². The minimum absolute atomic E-state index is 0.0999. The van der Waals surface area contributed by atoms with Crippen molar-refractivity contribution in [3.8, 4) is 5.75 Å². The lowest BCUT2D eigenvalue weighted by Gasteiger charge is -2.20. The fraction of sp³-hybridized carbons (Fsp3) is 0.438. The lowest BCUT2D eigenvalue weighted by Crippen LogP contribution is -2.14. The predicted octanol–water partition coefficient (Wildman–Crippen LogP) is 4.18. The summed E-state index contributed by atoms with van der Waals surface area (Å²) in [6, 6.07) is 3.72. The molecule has 108 valence electrons. The zero-order valence-electron chi connectivity index (χ0n) is 12.0. The van der Waals surface area contributed by atoms with E-state index in [9.17, 15) is 4.79 Å². The molecule has 0 spiro atoms. The van der Waals surface area contributed by atoms with Gasteiger partial charge in [0.2, 0.25) is 0 Å². The van der Waals surface area contributed by atoms with Gasteiger partial charge in [0.05, 0.1) is 5.57 Å². The lowest BCUT2D eigenvalue weighted by atomic mass is 9.88. The van der Waals surface area contributed by atoms with E-state index in [1.165, 1.54) is 0 Å². The molecule has 1 aliphatic heterocycles. The number of fused-ring (bicyclic) bond motifs is 1. The first-order valence-electron chi connectivity index (χ1n) is 6.65. The van der Waals surface area contributed by atoms with Gasteiger partial charge in [0, 0.05) is 10.6 Å². The first-order chi connectivity index (χ1) is 9.26. The standard InChI is InChI=1S/C16H19ClO3/c1-16(2,3)5-4-10-8-14-11(7-13(10)17)6-12(9-20-14)15(18)19/h6-8H,4-5,9H2,1-3H3,(H,18,19). The van der Waals surface area contributed by atoms with Crippen LogP contribution in [0.2, 0.25) is 5.02 Å². The van der Waals surface area contributed by atoms with Gasteiger partial charge in [-0.05, 0) is 42.0 Å². The van der Waals surface area contributed by atoms with Crippen LogP contribution in [0.3, 0.4) is 0 Å². The van der Waals surface area contributed by atoms with E-state index in [-0.39, 0.29) is 17.6 Å². The molecule has 0 atom stereocenters. The Kier molecular flexibility index (Phi) is 4.09. The van der Waals surface area contributed by atoms with Gasteiger partial charge in [0.15, 0.2) is 0 Å². The summed E-state index contributed by atoms with van der Waals surface area (Å²) in [5, 5.41) is 9.65. The van der Waals surface area contributed by atoms with E-state index in [0.717, 1.165) is 24.0 Å². The molecule has 2 rings (SSSR count). The fourth-order valence-electron chi connectivity index (χ4n) is 2.06. The van der Waals surface area contributed by atoms with E-state index < -0.39 is 5.97 Å². The quantitative estimate of drug-likeness (QED) is 0.909. The summed E-state index contributed by atoms with van der Waals surface area (Å²) in [6.45, 7) is 6.68. The second kappa shape index (κ2) is 5.49. The molecular weight excluding hydrogens is 276 g/mol. The van der Waals surface area contributed by atoms with Gasteiger partial charge >= 0.3 is 5.97 Å². The van der Waals surface area contributed by atoms with Gasteiger partial charge in [0.1, 0.15) is 12.4 Å². The summed E-state index contributed by atoms with van der Waals surface area (Å²) in [6.07, 6.45) is 3.54. The zero-order valence-corrected chi connectivity index (χ0v) is 12.8. The number of carbonyl (C=O) groups is 1. The Labute approximate surface area is 124 Å². The Bertz CT molecular complexity index is 568. The van der Waals surface area contributed by atoms with Crippen LogP contribution in [0.4, 0.5) is 0 Å². The molecule has 0 saturated heterocycles. The van der Waals surface area contributed by atoms with E-state index in [1.54, 1.807) is 12.1 Å². The van der Waals surface area contributed by atoms with E-state index in [0.29, 0.717) is 10.8 Å². The van der Waals surface area contributed by atoms with Crippen molar-refractivity contribution in [2.45, 2.75) is 33.6 Å². The van der Waals surface area contributed by atoms with Crippen molar-refractivity contribution in [1.82, 2.24) is 0 Å². The fourth-order valence-corrected chi connectivity index (χ4v) is 2.32. The zero-order chi connectivity index (χ0) is 14.9. The van der Waals surface area contributed by atoms with Crippen molar-refractivity contribution in [3.05, 3.63) is 33.9 Å². The lowest BCUT2D eigenvalue weighted by molar-refractivity contribution is -0.132. The van der Waals surface area contributed by atoms with Crippen LogP contribution in [-0.2, 0) is 11.2 Å². The molecule has 1 aromatic rings. The maximum absolute atomic E-state index is 10.9. The molecule has 1 N–H and O–H groups in total. The predicted molar refractivity (Wildman–Crippen MR) is 80.3 cm³/mol. The molecule has 1 heterocycles. The van der Waals surface area contributed by atoms with Crippen molar-refractivity contribution in [2.24, 2.45) is 5.41 Å². The number of rotatable bonds is 3. The third-order valence-electron chi connectivity index (χ3n) is 3.31. The second-order valence-electron chi connectivity index (χ2n) is 6.31. The largest absolute Gasteiger partial charge is 0.488 e. The van der Waals surface area contributed by atoms with Gasteiger partial charge < -0.3 is 9.84 Å². The highest BCUT2D eigenvalue weighted by Gasteiger charge is 2.19. The van der Waals surface area contributed by atoms with Crippen LogP contribution >= 0.6 is 11.6 Å². The molecule has 1 aromatic carbocycles. The highest BCUT2D eigenvalue weighted by molar-refractivity contribution is 6.31. The summed E-state index contributed by atoms with van der Waals surface area (Å²) < 4.78 is 5.52. The molecular formula is C16H19ClO3. The number of halogens is 1. The molecule has 3 nitrogen and oxygen atoms in total. The van der Waals surface area contributed by atoms with E-state index in [4.69, 9.17) is 21.4 Å².